The summed E-state index contributed by atoms with van der Waals surface area (Å²) in [6, 6.07) is 5.64. The molecule has 0 saturated carbocycles. The zero-order chi connectivity index (χ0) is 13.2. The van der Waals surface area contributed by atoms with Gasteiger partial charge in [-0.2, -0.15) is 0 Å². The molecule has 0 aliphatic carbocycles. The first-order chi connectivity index (χ1) is 8.54. The van der Waals surface area contributed by atoms with Crippen LogP contribution in [0.2, 0.25) is 0 Å². The molecule has 1 fully saturated rings. The van der Waals surface area contributed by atoms with E-state index in [0.29, 0.717) is 19.5 Å². The molecule has 2 rings (SSSR count). The molecule has 0 unspecified atom stereocenters. The minimum atomic E-state index is -0.763. The summed E-state index contributed by atoms with van der Waals surface area (Å²) in [4.78, 5) is 13.3. The average Bonchev–Trinajstić information content (AvgIpc) is 2.29. The Balaban J connectivity index is 1.90. The molecule has 1 aromatic rings. The van der Waals surface area contributed by atoms with Crippen LogP contribution in [0.1, 0.15) is 19.8 Å². The Bertz CT molecular complexity index is 444. The SMILES string of the molecule is CCCC1(O)CN(C(=O)Nc2ccccc2F)C1. The van der Waals surface area contributed by atoms with Crippen LogP contribution in [0.4, 0.5) is 14.9 Å². The van der Waals surface area contributed by atoms with Crippen LogP contribution in [0, 0.1) is 5.82 Å². The monoisotopic (exact) mass is 252 g/mol. The molecule has 0 radical (unpaired) electrons. The molecule has 0 bridgehead atoms. The maximum absolute atomic E-state index is 13.3. The zero-order valence-electron chi connectivity index (χ0n) is 10.3. The standard InChI is InChI=1S/C13H17FN2O2/c1-2-7-13(18)8-16(9-13)12(17)15-11-6-4-3-5-10(11)14/h3-6,18H,2,7-9H2,1H3,(H,15,17). The van der Waals surface area contributed by atoms with E-state index in [0.717, 1.165) is 6.42 Å². The topological polar surface area (TPSA) is 52.6 Å². The van der Waals surface area contributed by atoms with Crippen LogP contribution in [0.3, 0.4) is 0 Å². The number of para-hydroxylation sites is 1. The highest BCUT2D eigenvalue weighted by atomic mass is 19.1. The van der Waals surface area contributed by atoms with Gasteiger partial charge in [0.05, 0.1) is 24.4 Å². The second-order valence-electron chi connectivity index (χ2n) is 4.74. The minimum Gasteiger partial charge on any atom is -0.386 e. The number of aliphatic hydroxyl groups is 1. The molecule has 0 aromatic heterocycles. The number of rotatable bonds is 3. The van der Waals surface area contributed by atoms with Crippen molar-refractivity contribution in [3.63, 3.8) is 0 Å². The van der Waals surface area contributed by atoms with Gasteiger partial charge in [-0.15, -0.1) is 0 Å². The van der Waals surface area contributed by atoms with Gasteiger partial charge in [0.15, 0.2) is 0 Å². The molecule has 1 aliphatic heterocycles. The van der Waals surface area contributed by atoms with E-state index in [2.05, 4.69) is 5.32 Å². The van der Waals surface area contributed by atoms with Gasteiger partial charge < -0.3 is 15.3 Å². The van der Waals surface area contributed by atoms with Gasteiger partial charge in [-0.3, -0.25) is 0 Å². The molecule has 98 valence electrons. The number of hydrogen-bond donors (Lipinski definition) is 2. The normalized spacial score (nSPS) is 17.2. The van der Waals surface area contributed by atoms with Crippen molar-refractivity contribution < 1.29 is 14.3 Å². The lowest BCUT2D eigenvalue weighted by Crippen LogP contribution is -2.64. The van der Waals surface area contributed by atoms with E-state index in [1.807, 2.05) is 6.92 Å². The minimum absolute atomic E-state index is 0.161. The number of amides is 2. The third-order valence-corrected chi connectivity index (χ3v) is 3.09. The van der Waals surface area contributed by atoms with Gasteiger partial charge in [-0.25, -0.2) is 9.18 Å². The summed E-state index contributed by atoms with van der Waals surface area (Å²) < 4.78 is 13.3. The molecular weight excluding hydrogens is 235 g/mol. The summed E-state index contributed by atoms with van der Waals surface area (Å²) in [6.07, 6.45) is 1.55. The van der Waals surface area contributed by atoms with E-state index in [1.54, 1.807) is 12.1 Å². The Morgan fingerprint density at radius 1 is 1.50 bits per heavy atom. The number of β-amino-alcohol motifs (C(OH)–C–C–N with tert-alkyl or cyclic N) is 1. The van der Waals surface area contributed by atoms with Crippen LogP contribution in [-0.4, -0.2) is 34.7 Å². The smallest absolute Gasteiger partial charge is 0.322 e. The summed E-state index contributed by atoms with van der Waals surface area (Å²) in [5.74, 6) is -0.463. The first-order valence-electron chi connectivity index (χ1n) is 6.07. The lowest BCUT2D eigenvalue weighted by atomic mass is 9.90. The Hall–Kier alpha value is -1.62. The van der Waals surface area contributed by atoms with Crippen LogP contribution >= 0.6 is 0 Å². The van der Waals surface area contributed by atoms with Gasteiger partial charge >= 0.3 is 6.03 Å². The van der Waals surface area contributed by atoms with Crippen LogP contribution in [0.15, 0.2) is 24.3 Å². The fourth-order valence-corrected chi connectivity index (χ4v) is 2.19. The van der Waals surface area contributed by atoms with Crippen molar-refractivity contribution in [2.45, 2.75) is 25.4 Å². The van der Waals surface area contributed by atoms with Crippen molar-refractivity contribution in [2.24, 2.45) is 0 Å². The quantitative estimate of drug-likeness (QED) is 0.866. The fourth-order valence-electron chi connectivity index (χ4n) is 2.19. The lowest BCUT2D eigenvalue weighted by Gasteiger charge is -2.46. The predicted octanol–water partition coefficient (Wildman–Crippen LogP) is 2.20. The number of hydrogen-bond acceptors (Lipinski definition) is 2. The van der Waals surface area contributed by atoms with E-state index < -0.39 is 11.4 Å². The van der Waals surface area contributed by atoms with Crippen molar-refractivity contribution in [1.29, 1.82) is 0 Å². The average molecular weight is 252 g/mol. The number of carbonyl (C=O) groups is 1. The Labute approximate surface area is 105 Å². The zero-order valence-corrected chi connectivity index (χ0v) is 10.3. The highest BCUT2D eigenvalue weighted by molar-refractivity contribution is 5.90. The molecule has 0 spiro atoms. The number of anilines is 1. The van der Waals surface area contributed by atoms with Crippen LogP contribution in [-0.2, 0) is 0 Å². The van der Waals surface area contributed by atoms with Gasteiger partial charge in [-0.1, -0.05) is 25.5 Å². The van der Waals surface area contributed by atoms with Crippen molar-refractivity contribution in [3.05, 3.63) is 30.1 Å². The summed E-state index contributed by atoms with van der Waals surface area (Å²) in [7, 11) is 0. The van der Waals surface area contributed by atoms with Crippen LogP contribution in [0.5, 0.6) is 0 Å². The number of nitrogens with zero attached hydrogens (tertiary/aromatic N) is 1. The highest BCUT2D eigenvalue weighted by Crippen LogP contribution is 2.26. The molecule has 18 heavy (non-hydrogen) atoms. The molecule has 1 aromatic carbocycles. The highest BCUT2D eigenvalue weighted by Gasteiger charge is 2.42. The second-order valence-corrected chi connectivity index (χ2v) is 4.74. The number of likely N-dealkylation sites (tertiary alicyclic amines) is 1. The molecule has 0 atom stereocenters. The third-order valence-electron chi connectivity index (χ3n) is 3.09. The number of carbonyl (C=O) groups excluding carboxylic acids is 1. The first-order valence-corrected chi connectivity index (χ1v) is 6.07. The molecule has 5 heteroatoms. The van der Waals surface area contributed by atoms with Crippen molar-refractivity contribution in [1.82, 2.24) is 4.90 Å². The lowest BCUT2D eigenvalue weighted by molar-refractivity contribution is -0.0792. The van der Waals surface area contributed by atoms with Gasteiger partial charge in [0.25, 0.3) is 0 Å². The van der Waals surface area contributed by atoms with Gasteiger partial charge in [0, 0.05) is 0 Å². The molecule has 2 amide bonds. The summed E-state index contributed by atoms with van der Waals surface area (Å²) in [5, 5.41) is 12.4. The number of nitrogens with one attached hydrogen (secondary N) is 1. The van der Waals surface area contributed by atoms with Gasteiger partial charge in [-0.05, 0) is 18.6 Å². The molecule has 4 nitrogen and oxygen atoms in total. The summed E-state index contributed by atoms with van der Waals surface area (Å²) in [5.41, 5.74) is -0.602. The third kappa shape index (κ3) is 2.61. The summed E-state index contributed by atoms with van der Waals surface area (Å²) in [6.45, 7) is 2.60. The number of halogens is 1. The largest absolute Gasteiger partial charge is 0.386 e. The van der Waals surface area contributed by atoms with Crippen molar-refractivity contribution in [2.75, 3.05) is 18.4 Å². The van der Waals surface area contributed by atoms with Gasteiger partial charge in [0.1, 0.15) is 5.82 Å². The maximum Gasteiger partial charge on any atom is 0.322 e. The van der Waals surface area contributed by atoms with Gasteiger partial charge in [0.2, 0.25) is 0 Å². The van der Waals surface area contributed by atoms with Crippen molar-refractivity contribution >= 4 is 11.7 Å². The Kier molecular flexibility index (Phi) is 3.52. The predicted molar refractivity (Wildman–Crippen MR) is 66.8 cm³/mol. The van der Waals surface area contributed by atoms with Crippen molar-refractivity contribution in [3.8, 4) is 0 Å². The van der Waals surface area contributed by atoms with Crippen LogP contribution in [0.25, 0.3) is 0 Å². The van der Waals surface area contributed by atoms with E-state index in [1.165, 1.54) is 17.0 Å². The molecule has 1 heterocycles. The maximum atomic E-state index is 13.3. The van der Waals surface area contributed by atoms with E-state index >= 15 is 0 Å². The summed E-state index contributed by atoms with van der Waals surface area (Å²) >= 11 is 0. The first kappa shape index (κ1) is 12.8. The Morgan fingerprint density at radius 3 is 2.78 bits per heavy atom. The number of urea groups is 1. The second kappa shape index (κ2) is 4.94. The fraction of sp³-hybridized carbons (Fsp3) is 0.462. The van der Waals surface area contributed by atoms with E-state index in [-0.39, 0.29) is 11.7 Å². The molecular formula is C13H17FN2O2. The molecule has 2 N–H and O–H groups in total. The Morgan fingerprint density at radius 2 is 2.17 bits per heavy atom. The molecule has 1 aliphatic rings. The number of benzene rings is 1. The van der Waals surface area contributed by atoms with Crippen LogP contribution < -0.4 is 5.32 Å². The van der Waals surface area contributed by atoms with E-state index in [4.69, 9.17) is 0 Å². The van der Waals surface area contributed by atoms with E-state index in [9.17, 15) is 14.3 Å². The molecule has 1 saturated heterocycles.